The standard InChI is InChI=1S/C71H69N3O/c1-69(2,3)58-45-61(67(75)62(46-58)70(4,5)6)68-73-66-59(29-20-30-65(66)74(68)64-36-31-48(39-47-21-18-19-22-47)40-60(64)51-25-14-10-15-26-51)54-41-53(49-23-12-9-13-24-49)42-55(43-54)63-44-52(37-38-72-63)50-32-34-57(35-33-50)71(7,8)56-27-16-11-17-28-56/h9-17,20,23-38,40-47,75H,18-19,21-22,39H2,1-8H3/i39D2. The minimum Gasteiger partial charge on any atom is -0.507 e. The summed E-state index contributed by atoms with van der Waals surface area (Å²) in [5.41, 5.74) is 17.5. The average Bonchev–Trinajstić information content (AvgIpc) is 4.17. The molecule has 0 spiro atoms. The quantitative estimate of drug-likeness (QED) is 0.140. The molecule has 0 saturated heterocycles. The summed E-state index contributed by atoms with van der Waals surface area (Å²) in [6, 6.07) is 68.3. The molecule has 11 rings (SSSR count). The van der Waals surface area contributed by atoms with E-state index in [9.17, 15) is 7.85 Å². The summed E-state index contributed by atoms with van der Waals surface area (Å²) >= 11 is 0. The lowest BCUT2D eigenvalue weighted by molar-refractivity contribution is 0.446. The molecule has 0 radical (unpaired) electrons. The van der Waals surface area contributed by atoms with Gasteiger partial charge in [-0.15, -0.1) is 0 Å². The average molecular weight is 982 g/mol. The second kappa shape index (κ2) is 19.8. The minimum atomic E-state index is -1.51. The molecule has 2 heterocycles. The molecule has 1 fully saturated rings. The molecule has 1 N–H and O–H groups in total. The van der Waals surface area contributed by atoms with Crippen molar-refractivity contribution in [2.45, 2.75) is 104 Å². The summed E-state index contributed by atoms with van der Waals surface area (Å²) in [6.45, 7) is 17.6. The van der Waals surface area contributed by atoms with Crippen LogP contribution < -0.4 is 0 Å². The van der Waals surface area contributed by atoms with E-state index < -0.39 is 6.37 Å². The van der Waals surface area contributed by atoms with Gasteiger partial charge < -0.3 is 5.11 Å². The Morgan fingerprint density at radius 1 is 0.507 bits per heavy atom. The number of nitrogens with zero attached hydrogens (tertiary/aromatic N) is 3. The van der Waals surface area contributed by atoms with Gasteiger partial charge in [-0.25, -0.2) is 4.98 Å². The molecule has 1 aliphatic carbocycles. The van der Waals surface area contributed by atoms with Gasteiger partial charge in [0, 0.05) is 36.6 Å². The number of hydrogen-bond acceptors (Lipinski definition) is 3. The van der Waals surface area contributed by atoms with Crippen LogP contribution in [0.1, 0.15) is 112 Å². The molecule has 0 atom stereocenters. The fourth-order valence-corrected chi connectivity index (χ4v) is 11.1. The Morgan fingerprint density at radius 2 is 1.13 bits per heavy atom. The third kappa shape index (κ3) is 9.87. The zero-order valence-electron chi connectivity index (χ0n) is 46.7. The van der Waals surface area contributed by atoms with Gasteiger partial charge in [0.2, 0.25) is 0 Å². The number of pyridine rings is 1. The maximum Gasteiger partial charge on any atom is 0.149 e. The van der Waals surface area contributed by atoms with E-state index in [4.69, 9.17) is 9.97 Å². The monoisotopic (exact) mass is 982 g/mol. The first kappa shape index (κ1) is 46.9. The number of rotatable bonds is 11. The summed E-state index contributed by atoms with van der Waals surface area (Å²) in [5.74, 6) is 0.765. The van der Waals surface area contributed by atoms with Crippen molar-refractivity contribution < 1.29 is 7.85 Å². The van der Waals surface area contributed by atoms with Gasteiger partial charge in [-0.2, -0.15) is 0 Å². The fourth-order valence-electron chi connectivity index (χ4n) is 11.1. The molecule has 75 heavy (non-hydrogen) atoms. The fraction of sp³-hybridized carbons (Fsp3) is 0.239. The van der Waals surface area contributed by atoms with Crippen LogP contribution in [0, 0.1) is 5.92 Å². The Kier molecular flexibility index (Phi) is 12.4. The van der Waals surface area contributed by atoms with E-state index in [-0.39, 0.29) is 27.9 Å². The lowest BCUT2D eigenvalue weighted by atomic mass is 9.78. The number of benzene rings is 8. The van der Waals surface area contributed by atoms with E-state index in [0.717, 1.165) is 109 Å². The minimum absolute atomic E-state index is 0.0457. The Morgan fingerprint density at radius 3 is 1.81 bits per heavy atom. The summed E-state index contributed by atoms with van der Waals surface area (Å²) in [5, 5.41) is 12.7. The van der Waals surface area contributed by atoms with Gasteiger partial charge in [0.1, 0.15) is 11.6 Å². The van der Waals surface area contributed by atoms with Crippen molar-refractivity contribution >= 4 is 11.0 Å². The maximum atomic E-state index is 12.7. The molecule has 0 aliphatic heterocycles. The number of para-hydroxylation sites is 1. The molecule has 8 aromatic carbocycles. The SMILES string of the molecule is [2H]C([2H])(c1ccc(-n2c(-c3cc(C(C)(C)C)cc(C(C)(C)C)c3O)nc3c(-c4cc(-c5ccccc5)cc(-c5cc(-c6ccc(C(C)(C)c7ccccc7)cc6)ccn5)c4)cccc32)c(-c2ccccc2)c1)C1CCCC1. The van der Waals surface area contributed by atoms with Crippen molar-refractivity contribution in [2.75, 3.05) is 0 Å². The second-order valence-corrected chi connectivity index (χ2v) is 23.3. The molecule has 4 heteroatoms. The molecule has 1 aliphatic rings. The largest absolute Gasteiger partial charge is 0.507 e. The number of aromatic nitrogens is 3. The van der Waals surface area contributed by atoms with Crippen molar-refractivity contribution in [3.8, 4) is 78.6 Å². The van der Waals surface area contributed by atoms with E-state index in [2.05, 4.69) is 230 Å². The highest BCUT2D eigenvalue weighted by atomic mass is 16.3. The van der Waals surface area contributed by atoms with Crippen LogP contribution in [0.15, 0.2) is 200 Å². The summed E-state index contributed by atoms with van der Waals surface area (Å²) < 4.78 is 21.4. The first-order chi connectivity index (χ1) is 36.9. The van der Waals surface area contributed by atoms with Crippen LogP contribution in [0.2, 0.25) is 0 Å². The molecular formula is C71H69N3O. The molecule has 1 saturated carbocycles. The van der Waals surface area contributed by atoms with Gasteiger partial charge in [0.25, 0.3) is 0 Å². The predicted molar refractivity (Wildman–Crippen MR) is 315 cm³/mol. The second-order valence-electron chi connectivity index (χ2n) is 23.3. The first-order valence-electron chi connectivity index (χ1n) is 27.8. The van der Waals surface area contributed by atoms with Crippen LogP contribution in [0.3, 0.4) is 0 Å². The smallest absolute Gasteiger partial charge is 0.149 e. The van der Waals surface area contributed by atoms with Crippen LogP contribution in [0.4, 0.5) is 0 Å². The lowest BCUT2D eigenvalue weighted by Crippen LogP contribution is -2.18. The maximum absolute atomic E-state index is 12.7. The van der Waals surface area contributed by atoms with Gasteiger partial charge in [-0.1, -0.05) is 221 Å². The zero-order valence-corrected chi connectivity index (χ0v) is 44.7. The van der Waals surface area contributed by atoms with Gasteiger partial charge >= 0.3 is 0 Å². The highest BCUT2D eigenvalue weighted by Crippen LogP contribution is 2.46. The third-order valence-electron chi connectivity index (χ3n) is 15.6. The highest BCUT2D eigenvalue weighted by Gasteiger charge is 2.30. The van der Waals surface area contributed by atoms with Crippen LogP contribution in [0.5, 0.6) is 5.75 Å². The van der Waals surface area contributed by atoms with Gasteiger partial charge in [-0.05, 0) is 133 Å². The predicted octanol–water partition coefficient (Wildman–Crippen LogP) is 18.8. The number of hydrogen-bond donors (Lipinski definition) is 1. The molecule has 4 nitrogen and oxygen atoms in total. The first-order valence-corrected chi connectivity index (χ1v) is 26.8. The van der Waals surface area contributed by atoms with E-state index in [1.54, 1.807) is 0 Å². The van der Waals surface area contributed by atoms with E-state index in [0.29, 0.717) is 17.0 Å². The zero-order chi connectivity index (χ0) is 53.9. The number of fused-ring (bicyclic) bond motifs is 1. The van der Waals surface area contributed by atoms with Crippen LogP contribution in [-0.2, 0) is 22.6 Å². The lowest BCUT2D eigenvalue weighted by Gasteiger charge is -2.27. The van der Waals surface area contributed by atoms with E-state index >= 15 is 0 Å². The van der Waals surface area contributed by atoms with Crippen LogP contribution >= 0.6 is 0 Å². The molecule has 0 amide bonds. The van der Waals surface area contributed by atoms with Crippen molar-refractivity contribution in [2.24, 2.45) is 5.92 Å². The van der Waals surface area contributed by atoms with Gasteiger partial charge in [0.05, 0.1) is 28.0 Å². The van der Waals surface area contributed by atoms with Gasteiger partial charge in [-0.3, -0.25) is 9.55 Å². The highest BCUT2D eigenvalue weighted by molar-refractivity contribution is 5.98. The third-order valence-corrected chi connectivity index (χ3v) is 15.6. The summed E-state index contributed by atoms with van der Waals surface area (Å²) in [6.07, 6.45) is 4.27. The molecular weight excluding hydrogens is 911 g/mol. The topological polar surface area (TPSA) is 50.9 Å². The van der Waals surface area contributed by atoms with Crippen molar-refractivity contribution in [1.82, 2.24) is 14.5 Å². The van der Waals surface area contributed by atoms with E-state index in [1.807, 2.05) is 30.5 Å². The summed E-state index contributed by atoms with van der Waals surface area (Å²) in [4.78, 5) is 10.8. The Labute approximate surface area is 447 Å². The number of phenolic OH excluding ortho intramolecular Hbond substituents is 1. The normalized spacial score (nSPS) is 14.0. The summed E-state index contributed by atoms with van der Waals surface area (Å²) in [7, 11) is 0. The molecule has 0 bridgehead atoms. The van der Waals surface area contributed by atoms with Gasteiger partial charge in [0.15, 0.2) is 0 Å². The van der Waals surface area contributed by atoms with Crippen molar-refractivity contribution in [3.05, 3.63) is 228 Å². The van der Waals surface area contributed by atoms with Crippen molar-refractivity contribution in [3.63, 3.8) is 0 Å². The number of imidazole rings is 1. The molecule has 0 unspecified atom stereocenters. The Balaban J connectivity index is 1.13. The number of phenols is 1. The molecule has 2 aromatic heterocycles. The molecule has 374 valence electrons. The van der Waals surface area contributed by atoms with Crippen molar-refractivity contribution in [1.29, 1.82) is 0 Å². The van der Waals surface area contributed by atoms with Crippen LogP contribution in [0.25, 0.3) is 83.9 Å². The number of aromatic hydroxyl groups is 1. The van der Waals surface area contributed by atoms with Crippen LogP contribution in [-0.4, -0.2) is 19.6 Å². The van der Waals surface area contributed by atoms with E-state index in [1.165, 1.54) is 11.1 Å². The Hall–Kier alpha value is -7.82. The Bertz CT molecular complexity index is 3760. The molecule has 10 aromatic rings.